The van der Waals surface area contributed by atoms with Gasteiger partial charge in [-0.05, 0) is 24.7 Å². The molecule has 0 bridgehead atoms. The van der Waals surface area contributed by atoms with Crippen molar-refractivity contribution in [3.8, 4) is 0 Å². The smallest absolute Gasteiger partial charge is 0.127 e. The number of aromatic amines is 1. The lowest BCUT2D eigenvalue weighted by atomic mass is 10.1. The molecule has 0 amide bonds. The molecular formula is C11H12ClN3. The third-order valence-electron chi connectivity index (χ3n) is 2.28. The number of hydrogen-bond acceptors (Lipinski definition) is 2. The molecule has 0 aliphatic carbocycles. The monoisotopic (exact) mass is 221 g/mol. The Morgan fingerprint density at radius 2 is 2.07 bits per heavy atom. The second-order valence-corrected chi connectivity index (χ2v) is 3.68. The Hall–Kier alpha value is -1.32. The first-order valence-electron chi connectivity index (χ1n) is 4.73. The van der Waals surface area contributed by atoms with Crippen LogP contribution in [0.1, 0.15) is 17.4 Å². The summed E-state index contributed by atoms with van der Waals surface area (Å²) in [6, 6.07) is 7.82. The Balaban J connectivity index is 2.31. The number of nitrogens with one attached hydrogen (secondary N) is 2. The van der Waals surface area contributed by atoms with Gasteiger partial charge < -0.3 is 10.3 Å². The molecular weight excluding hydrogens is 210 g/mol. The maximum Gasteiger partial charge on any atom is 0.127 e. The molecule has 1 unspecified atom stereocenters. The van der Waals surface area contributed by atoms with Gasteiger partial charge in [-0.25, -0.2) is 4.98 Å². The molecule has 0 aliphatic heterocycles. The fraction of sp³-hybridized carbons (Fsp3) is 0.182. The van der Waals surface area contributed by atoms with E-state index in [1.807, 2.05) is 37.5 Å². The Bertz CT molecular complexity index is 408. The molecule has 2 aromatic rings. The van der Waals surface area contributed by atoms with Crippen molar-refractivity contribution in [2.75, 3.05) is 7.05 Å². The van der Waals surface area contributed by atoms with E-state index in [1.165, 1.54) is 0 Å². The van der Waals surface area contributed by atoms with Gasteiger partial charge in [0.15, 0.2) is 0 Å². The van der Waals surface area contributed by atoms with Gasteiger partial charge in [0.1, 0.15) is 5.82 Å². The summed E-state index contributed by atoms with van der Waals surface area (Å²) >= 11 is 5.84. The molecule has 1 aromatic carbocycles. The zero-order chi connectivity index (χ0) is 10.7. The summed E-state index contributed by atoms with van der Waals surface area (Å²) in [5, 5.41) is 3.95. The number of rotatable bonds is 3. The van der Waals surface area contributed by atoms with Gasteiger partial charge in [-0.2, -0.15) is 0 Å². The first-order chi connectivity index (χ1) is 7.31. The highest BCUT2D eigenvalue weighted by Gasteiger charge is 2.13. The first-order valence-corrected chi connectivity index (χ1v) is 5.11. The molecule has 0 radical (unpaired) electrons. The molecule has 15 heavy (non-hydrogen) atoms. The fourth-order valence-corrected chi connectivity index (χ4v) is 1.68. The molecule has 0 aliphatic rings. The summed E-state index contributed by atoms with van der Waals surface area (Å²) in [6.07, 6.45) is 3.56. The summed E-state index contributed by atoms with van der Waals surface area (Å²) in [5.74, 6) is 0.903. The largest absolute Gasteiger partial charge is 0.347 e. The highest BCUT2D eigenvalue weighted by Crippen LogP contribution is 2.20. The molecule has 4 heteroatoms. The molecule has 2 N–H and O–H groups in total. The number of hydrogen-bond donors (Lipinski definition) is 2. The molecule has 1 heterocycles. The topological polar surface area (TPSA) is 40.7 Å². The van der Waals surface area contributed by atoms with E-state index in [4.69, 9.17) is 11.6 Å². The minimum Gasteiger partial charge on any atom is -0.347 e. The molecule has 2 rings (SSSR count). The van der Waals surface area contributed by atoms with Gasteiger partial charge in [-0.1, -0.05) is 23.7 Å². The second-order valence-electron chi connectivity index (χ2n) is 3.25. The lowest BCUT2D eigenvalue weighted by Crippen LogP contribution is -2.18. The van der Waals surface area contributed by atoms with E-state index >= 15 is 0 Å². The molecule has 3 nitrogen and oxygen atoms in total. The van der Waals surface area contributed by atoms with E-state index in [2.05, 4.69) is 15.3 Å². The van der Waals surface area contributed by atoms with Crippen molar-refractivity contribution < 1.29 is 0 Å². The predicted octanol–water partition coefficient (Wildman–Crippen LogP) is 2.37. The van der Waals surface area contributed by atoms with Crippen molar-refractivity contribution >= 4 is 11.6 Å². The van der Waals surface area contributed by atoms with Crippen molar-refractivity contribution in [2.45, 2.75) is 6.04 Å². The average Bonchev–Trinajstić information content (AvgIpc) is 2.75. The summed E-state index contributed by atoms with van der Waals surface area (Å²) in [4.78, 5) is 7.33. The number of aromatic nitrogens is 2. The van der Waals surface area contributed by atoms with Crippen molar-refractivity contribution in [1.82, 2.24) is 15.3 Å². The third kappa shape index (κ3) is 2.19. The van der Waals surface area contributed by atoms with E-state index < -0.39 is 0 Å². The zero-order valence-electron chi connectivity index (χ0n) is 8.37. The lowest BCUT2D eigenvalue weighted by Gasteiger charge is -2.13. The van der Waals surface area contributed by atoms with Crippen molar-refractivity contribution in [1.29, 1.82) is 0 Å². The maximum atomic E-state index is 5.84. The Labute approximate surface area is 93.5 Å². The van der Waals surface area contributed by atoms with Crippen LogP contribution in [-0.2, 0) is 0 Å². The fourth-order valence-electron chi connectivity index (χ4n) is 1.55. The van der Waals surface area contributed by atoms with Gasteiger partial charge in [0.25, 0.3) is 0 Å². The molecule has 1 atom stereocenters. The van der Waals surface area contributed by atoms with Gasteiger partial charge in [-0.15, -0.1) is 0 Å². The molecule has 1 aromatic heterocycles. The summed E-state index contributed by atoms with van der Waals surface area (Å²) in [5.41, 5.74) is 1.14. The Morgan fingerprint density at radius 3 is 2.60 bits per heavy atom. The van der Waals surface area contributed by atoms with Crippen LogP contribution in [0.3, 0.4) is 0 Å². The molecule has 0 saturated carbocycles. The van der Waals surface area contributed by atoms with Crippen LogP contribution in [0.15, 0.2) is 36.7 Å². The first kappa shape index (κ1) is 10.2. The van der Waals surface area contributed by atoms with Crippen LogP contribution in [-0.4, -0.2) is 17.0 Å². The molecule has 0 spiro atoms. The highest BCUT2D eigenvalue weighted by molar-refractivity contribution is 6.30. The summed E-state index contributed by atoms with van der Waals surface area (Å²) in [7, 11) is 1.90. The van der Waals surface area contributed by atoms with Gasteiger partial charge in [0, 0.05) is 17.4 Å². The minimum atomic E-state index is 0.0808. The van der Waals surface area contributed by atoms with E-state index in [0.717, 1.165) is 16.4 Å². The lowest BCUT2D eigenvalue weighted by molar-refractivity contribution is 0.655. The van der Waals surface area contributed by atoms with Crippen LogP contribution in [0.2, 0.25) is 5.02 Å². The van der Waals surface area contributed by atoms with Crippen molar-refractivity contribution in [3.63, 3.8) is 0 Å². The number of halogens is 1. The van der Waals surface area contributed by atoms with Crippen LogP contribution in [0.25, 0.3) is 0 Å². The van der Waals surface area contributed by atoms with Gasteiger partial charge in [-0.3, -0.25) is 0 Å². The predicted molar refractivity (Wildman–Crippen MR) is 60.9 cm³/mol. The SMILES string of the molecule is CNC(c1ccc(Cl)cc1)c1ncc[nH]1. The summed E-state index contributed by atoms with van der Waals surface area (Å²) < 4.78 is 0. The Morgan fingerprint density at radius 1 is 1.33 bits per heavy atom. The van der Waals surface area contributed by atoms with Gasteiger partial charge in [0.2, 0.25) is 0 Å². The molecule has 78 valence electrons. The van der Waals surface area contributed by atoms with E-state index in [1.54, 1.807) is 6.20 Å². The minimum absolute atomic E-state index is 0.0808. The second kappa shape index (κ2) is 4.47. The van der Waals surface area contributed by atoms with E-state index in [0.29, 0.717) is 0 Å². The number of benzene rings is 1. The average molecular weight is 222 g/mol. The summed E-state index contributed by atoms with van der Waals surface area (Å²) in [6.45, 7) is 0. The van der Waals surface area contributed by atoms with Crippen LogP contribution in [0.5, 0.6) is 0 Å². The van der Waals surface area contributed by atoms with Crippen LogP contribution in [0, 0.1) is 0 Å². The molecule has 0 saturated heterocycles. The van der Waals surface area contributed by atoms with Crippen LogP contribution >= 0.6 is 11.6 Å². The quantitative estimate of drug-likeness (QED) is 0.836. The van der Waals surface area contributed by atoms with E-state index in [9.17, 15) is 0 Å². The number of nitrogens with zero attached hydrogens (tertiary/aromatic N) is 1. The van der Waals surface area contributed by atoms with E-state index in [-0.39, 0.29) is 6.04 Å². The molecule has 0 fully saturated rings. The highest BCUT2D eigenvalue weighted by atomic mass is 35.5. The van der Waals surface area contributed by atoms with Crippen LogP contribution in [0.4, 0.5) is 0 Å². The Kier molecular flexibility index (Phi) is 3.04. The number of imidazole rings is 1. The van der Waals surface area contributed by atoms with Gasteiger partial charge in [0.05, 0.1) is 6.04 Å². The standard InChI is InChI=1S/C11H12ClN3/c1-13-10(11-14-6-7-15-11)8-2-4-9(12)5-3-8/h2-7,10,13H,1H3,(H,14,15). The zero-order valence-corrected chi connectivity index (χ0v) is 9.12. The van der Waals surface area contributed by atoms with Crippen molar-refractivity contribution in [3.05, 3.63) is 53.1 Å². The van der Waals surface area contributed by atoms with Crippen molar-refractivity contribution in [2.24, 2.45) is 0 Å². The number of H-pyrrole nitrogens is 1. The van der Waals surface area contributed by atoms with Crippen LogP contribution < -0.4 is 5.32 Å². The third-order valence-corrected chi connectivity index (χ3v) is 2.54. The van der Waals surface area contributed by atoms with Gasteiger partial charge >= 0.3 is 0 Å². The normalized spacial score (nSPS) is 12.7. The maximum absolute atomic E-state index is 5.84.